The molecule has 26 heavy (non-hydrogen) atoms. The Bertz CT molecular complexity index is 554. The van der Waals surface area contributed by atoms with E-state index in [4.69, 9.17) is 0 Å². The van der Waals surface area contributed by atoms with E-state index in [2.05, 4.69) is 0 Å². The number of hydrogen-bond donors (Lipinski definition) is 0. The van der Waals surface area contributed by atoms with E-state index in [-0.39, 0.29) is 61.0 Å². The van der Waals surface area contributed by atoms with E-state index >= 15 is 0 Å². The van der Waals surface area contributed by atoms with Gasteiger partial charge in [-0.15, -0.1) is 0 Å². The molecule has 1 aliphatic carbocycles. The Hall–Kier alpha value is -0.660. The SMILES string of the molecule is O.O.O=C([O-])C(CC(=O)N1CC2CCCCC2C1)Cc1ccccc1.[Ca+2]. The van der Waals surface area contributed by atoms with Crippen LogP contribution in [0.4, 0.5) is 0 Å². The number of amides is 1. The van der Waals surface area contributed by atoms with Crippen molar-refractivity contribution in [2.24, 2.45) is 17.8 Å². The summed E-state index contributed by atoms with van der Waals surface area (Å²) in [5.41, 5.74) is 0.935. The molecule has 1 heterocycles. The van der Waals surface area contributed by atoms with Gasteiger partial charge in [0.1, 0.15) is 0 Å². The Kier molecular flexibility index (Phi) is 11.6. The van der Waals surface area contributed by atoms with Crippen molar-refractivity contribution in [2.75, 3.05) is 13.1 Å². The van der Waals surface area contributed by atoms with Gasteiger partial charge < -0.3 is 25.8 Å². The molecule has 1 aromatic carbocycles. The van der Waals surface area contributed by atoms with E-state index in [1.807, 2.05) is 35.2 Å². The van der Waals surface area contributed by atoms with Gasteiger partial charge in [0.25, 0.3) is 0 Å². The number of carboxylic acid groups (broad SMARTS) is 1. The number of fused-ring (bicyclic) bond motifs is 1. The summed E-state index contributed by atoms with van der Waals surface area (Å²) < 4.78 is 0. The first-order valence-corrected chi connectivity index (χ1v) is 8.66. The molecule has 3 unspecified atom stereocenters. The molecule has 3 atom stereocenters. The Morgan fingerprint density at radius 2 is 1.58 bits per heavy atom. The molecule has 1 saturated heterocycles. The van der Waals surface area contributed by atoms with Gasteiger partial charge in [0, 0.05) is 31.4 Å². The number of aliphatic carboxylic acids is 1. The third-order valence-electron chi connectivity index (χ3n) is 5.41. The van der Waals surface area contributed by atoms with Crippen molar-refractivity contribution in [3.8, 4) is 0 Å². The molecule has 3 rings (SSSR count). The summed E-state index contributed by atoms with van der Waals surface area (Å²) in [6.07, 6.45) is 5.36. The first-order valence-electron chi connectivity index (χ1n) is 8.66. The minimum Gasteiger partial charge on any atom is -0.550 e. The van der Waals surface area contributed by atoms with Gasteiger partial charge in [0.15, 0.2) is 0 Å². The standard InChI is InChI=1S/C19H25NO3.Ca.2H2O/c21-18(20-12-15-8-4-5-9-16(15)13-20)11-17(19(22)23)10-14-6-2-1-3-7-14;;;/h1-3,6-7,15-17H,4-5,8-13H2,(H,22,23);;2*1H2/q;+2;;/p-1. The predicted octanol–water partition coefficient (Wildman–Crippen LogP) is -0.396. The molecule has 7 heteroatoms. The van der Waals surface area contributed by atoms with Gasteiger partial charge in [-0.1, -0.05) is 43.2 Å². The van der Waals surface area contributed by atoms with Crippen LogP contribution in [0.2, 0.25) is 0 Å². The van der Waals surface area contributed by atoms with Crippen LogP contribution in [0.25, 0.3) is 0 Å². The average Bonchev–Trinajstić information content (AvgIpc) is 2.99. The van der Waals surface area contributed by atoms with E-state index < -0.39 is 11.9 Å². The van der Waals surface area contributed by atoms with E-state index in [0.717, 1.165) is 18.7 Å². The number of hydrogen-bond acceptors (Lipinski definition) is 3. The predicted molar refractivity (Wildman–Crippen MR) is 98.3 cm³/mol. The molecule has 140 valence electrons. The maximum atomic E-state index is 12.5. The largest absolute Gasteiger partial charge is 2.00 e. The quantitative estimate of drug-likeness (QED) is 0.636. The molecule has 0 bridgehead atoms. The monoisotopic (exact) mass is 390 g/mol. The van der Waals surface area contributed by atoms with Crippen LogP contribution in [-0.2, 0) is 16.0 Å². The van der Waals surface area contributed by atoms with Crippen LogP contribution in [0.5, 0.6) is 0 Å². The summed E-state index contributed by atoms with van der Waals surface area (Å²) in [6, 6.07) is 9.45. The van der Waals surface area contributed by atoms with Gasteiger partial charge in [-0.2, -0.15) is 0 Å². The molecule has 2 aliphatic rings. The Balaban J connectivity index is 0.00000208. The van der Waals surface area contributed by atoms with Gasteiger partial charge >= 0.3 is 37.7 Å². The summed E-state index contributed by atoms with van der Waals surface area (Å²) in [7, 11) is 0. The number of benzene rings is 1. The van der Waals surface area contributed by atoms with Crippen molar-refractivity contribution in [3.63, 3.8) is 0 Å². The van der Waals surface area contributed by atoms with Crippen LogP contribution in [-0.4, -0.2) is 78.6 Å². The number of carbonyl (C=O) groups excluding carboxylic acids is 2. The summed E-state index contributed by atoms with van der Waals surface area (Å²) >= 11 is 0. The Labute approximate surface area is 184 Å². The number of likely N-dealkylation sites (tertiary alicyclic amines) is 1. The molecule has 4 N–H and O–H groups in total. The second-order valence-electron chi connectivity index (χ2n) is 7.01. The van der Waals surface area contributed by atoms with Crippen molar-refractivity contribution < 1.29 is 25.6 Å². The average molecular weight is 391 g/mol. The van der Waals surface area contributed by atoms with Crippen LogP contribution < -0.4 is 5.11 Å². The minimum absolute atomic E-state index is 0. The molecule has 1 amide bonds. The number of carbonyl (C=O) groups is 2. The summed E-state index contributed by atoms with van der Waals surface area (Å²) in [5, 5.41) is 11.4. The third kappa shape index (κ3) is 6.50. The van der Waals surface area contributed by atoms with E-state index in [9.17, 15) is 14.7 Å². The van der Waals surface area contributed by atoms with E-state index in [1.165, 1.54) is 25.7 Å². The minimum atomic E-state index is -1.13. The Morgan fingerprint density at radius 3 is 2.08 bits per heavy atom. The van der Waals surface area contributed by atoms with Gasteiger partial charge in [0.2, 0.25) is 5.91 Å². The fraction of sp³-hybridized carbons (Fsp3) is 0.579. The maximum Gasteiger partial charge on any atom is 2.00 e. The number of carboxylic acids is 1. The zero-order valence-electron chi connectivity index (χ0n) is 15.2. The molecule has 1 aromatic rings. The van der Waals surface area contributed by atoms with Crippen LogP contribution in [0.15, 0.2) is 30.3 Å². The normalized spacial score (nSPS) is 22.1. The molecular weight excluding hydrogens is 362 g/mol. The molecule has 2 fully saturated rings. The van der Waals surface area contributed by atoms with Crippen molar-refractivity contribution in [1.82, 2.24) is 4.90 Å². The Morgan fingerprint density at radius 1 is 1.04 bits per heavy atom. The van der Waals surface area contributed by atoms with Crippen molar-refractivity contribution in [1.29, 1.82) is 0 Å². The topological polar surface area (TPSA) is 123 Å². The maximum absolute atomic E-state index is 12.5. The zero-order valence-corrected chi connectivity index (χ0v) is 17.4. The number of rotatable bonds is 5. The fourth-order valence-electron chi connectivity index (χ4n) is 4.09. The fourth-order valence-corrected chi connectivity index (χ4v) is 4.09. The summed E-state index contributed by atoms with van der Waals surface area (Å²) in [6.45, 7) is 1.63. The van der Waals surface area contributed by atoms with Crippen molar-refractivity contribution >= 4 is 49.6 Å². The van der Waals surface area contributed by atoms with Crippen LogP contribution in [0, 0.1) is 17.8 Å². The van der Waals surface area contributed by atoms with Crippen molar-refractivity contribution in [3.05, 3.63) is 35.9 Å². The van der Waals surface area contributed by atoms with E-state index in [0.29, 0.717) is 18.3 Å². The third-order valence-corrected chi connectivity index (χ3v) is 5.41. The summed E-state index contributed by atoms with van der Waals surface area (Å²) in [5.74, 6) is -0.637. The molecule has 0 radical (unpaired) electrons. The van der Waals surface area contributed by atoms with Gasteiger partial charge in [-0.05, 0) is 36.7 Å². The molecular formula is C19H28CaNO5+. The first-order chi connectivity index (χ1) is 11.1. The van der Waals surface area contributed by atoms with Crippen LogP contribution in [0.3, 0.4) is 0 Å². The molecule has 0 aromatic heterocycles. The van der Waals surface area contributed by atoms with Gasteiger partial charge in [0.05, 0.1) is 0 Å². The molecule has 1 aliphatic heterocycles. The van der Waals surface area contributed by atoms with Gasteiger partial charge in [-0.25, -0.2) is 0 Å². The number of nitrogens with zero attached hydrogens (tertiary/aromatic N) is 1. The molecule has 0 spiro atoms. The van der Waals surface area contributed by atoms with Crippen molar-refractivity contribution in [2.45, 2.75) is 38.5 Å². The van der Waals surface area contributed by atoms with E-state index in [1.54, 1.807) is 0 Å². The van der Waals surface area contributed by atoms with Crippen LogP contribution in [0.1, 0.15) is 37.7 Å². The van der Waals surface area contributed by atoms with Crippen LogP contribution >= 0.6 is 0 Å². The van der Waals surface area contributed by atoms with Gasteiger partial charge in [-0.3, -0.25) is 4.79 Å². The second-order valence-corrected chi connectivity index (χ2v) is 7.01. The summed E-state index contributed by atoms with van der Waals surface area (Å²) in [4.78, 5) is 25.8. The second kappa shape index (κ2) is 11.9. The first kappa shape index (κ1) is 25.3. The smallest absolute Gasteiger partial charge is 0.550 e. The zero-order chi connectivity index (χ0) is 16.2. The molecule has 1 saturated carbocycles. The molecule has 6 nitrogen and oxygen atoms in total.